The molecule has 18 aromatic carbocycles. The maximum Gasteiger partial charge on any atom is 0.193 e. The first-order valence-corrected chi connectivity index (χ1v) is 52.3. The molecule has 150 heavy (non-hydrogen) atoms. The zero-order chi connectivity index (χ0) is 106. The SMILES string of the molecule is CCCc1ccc(F)cc1.CCCc1ccc([18F])cc1.Cc1ccc(-c2ccccc2)cc1.Cc1ccc(-c2ccccc2)cc1.Cc1ccc2c(c1)Cc1ccccc1-2.Cc1ccc2c(c1)Cc1ccccc1-2.Fc1ccc2c(c1)C=CC2.Fc1ccccc1C1CCCCC1.O=C(c1ccccc1)c1ccc(F)cc1.O=C(c1ccccc1)c1ccc([18F])cc1.[18F]c1ccc2c(c1)C=CC2.[18F]c1ccccc1C1CCCCC1. The van der Waals surface area contributed by atoms with Gasteiger partial charge in [0.1, 0.15) is 46.5 Å². The van der Waals surface area contributed by atoms with Crippen LogP contribution in [0.3, 0.4) is 0 Å². The molecule has 18 aromatic rings. The number of halogens is 8. The number of ketones is 2. The lowest BCUT2D eigenvalue weighted by Gasteiger charge is -2.22. The van der Waals surface area contributed by atoms with E-state index in [9.17, 15) is 44.7 Å². The Morgan fingerprint density at radius 3 is 0.860 bits per heavy atom. The number of fused-ring (bicyclic) bond motifs is 8. The van der Waals surface area contributed by atoms with E-state index in [0.717, 1.165) is 73.6 Å². The van der Waals surface area contributed by atoms with Crippen LogP contribution in [-0.2, 0) is 38.5 Å². The van der Waals surface area contributed by atoms with Gasteiger partial charge >= 0.3 is 0 Å². The minimum atomic E-state index is -0.334. The number of hydrogen-bond acceptors (Lipinski definition) is 2. The minimum Gasteiger partial charge on any atom is -0.289 e. The van der Waals surface area contributed by atoms with E-state index < -0.39 is 0 Å². The van der Waals surface area contributed by atoms with Crippen molar-refractivity contribution in [2.45, 2.75) is 169 Å². The monoisotopic (exact) mass is 1990 g/mol. The summed E-state index contributed by atoms with van der Waals surface area (Å²) in [6.45, 7) is 12.8. The third kappa shape index (κ3) is 35.2. The van der Waals surface area contributed by atoms with E-state index in [2.05, 4.69) is 224 Å². The number of carbonyl (C=O) groups is 2. The maximum absolute atomic E-state index is 13.4. The highest BCUT2D eigenvalue weighted by Crippen LogP contribution is 2.40. The van der Waals surface area contributed by atoms with Gasteiger partial charge in [-0.15, -0.1) is 0 Å². The maximum atomic E-state index is 13.4. The molecule has 24 rings (SSSR count). The first-order chi connectivity index (χ1) is 73.1. The largest absolute Gasteiger partial charge is 0.289 e. The second-order valence-electron chi connectivity index (χ2n) is 38.2. The van der Waals surface area contributed by atoms with Crippen molar-refractivity contribution in [2.24, 2.45) is 0 Å². The van der Waals surface area contributed by atoms with Gasteiger partial charge < -0.3 is 0 Å². The molecule has 6 aliphatic carbocycles. The van der Waals surface area contributed by atoms with E-state index in [0.29, 0.717) is 34.1 Å². The molecule has 2 saturated carbocycles. The van der Waals surface area contributed by atoms with Gasteiger partial charge in [-0.3, -0.25) is 9.59 Å². The number of carbonyl (C=O) groups excluding carboxylic acids is 2. The van der Waals surface area contributed by atoms with E-state index >= 15 is 0 Å². The topological polar surface area (TPSA) is 34.1 Å². The molecule has 0 saturated heterocycles. The van der Waals surface area contributed by atoms with E-state index in [4.69, 9.17) is 0 Å². The van der Waals surface area contributed by atoms with Gasteiger partial charge in [0.25, 0.3) is 0 Å². The lowest BCUT2D eigenvalue weighted by atomic mass is 9.84. The van der Waals surface area contributed by atoms with Crippen LogP contribution in [0.5, 0.6) is 0 Å². The molecule has 0 atom stereocenters. The van der Waals surface area contributed by atoms with Crippen molar-refractivity contribution in [3.63, 3.8) is 0 Å². The van der Waals surface area contributed by atoms with E-state index in [1.165, 1.54) is 260 Å². The summed E-state index contributed by atoms with van der Waals surface area (Å²) in [7, 11) is 0. The Kier molecular flexibility index (Phi) is 44.0. The first-order valence-electron chi connectivity index (χ1n) is 52.3. The van der Waals surface area contributed by atoms with E-state index in [1.807, 2.05) is 109 Å². The van der Waals surface area contributed by atoms with Gasteiger partial charge in [0.05, 0.1) is 0 Å². The molecule has 0 aromatic heterocycles. The van der Waals surface area contributed by atoms with Gasteiger partial charge in [0, 0.05) is 22.3 Å². The zero-order valence-electron chi connectivity index (χ0n) is 86.6. The average Bonchev–Trinajstić information content (AvgIpc) is 1.64. The van der Waals surface area contributed by atoms with Crippen molar-refractivity contribution < 1.29 is 44.7 Å². The van der Waals surface area contributed by atoms with Crippen LogP contribution in [0.25, 0.3) is 56.7 Å². The second-order valence-corrected chi connectivity index (χ2v) is 38.2. The van der Waals surface area contributed by atoms with Crippen LogP contribution in [0.4, 0.5) is 35.1 Å². The molecule has 2 fully saturated rings. The molecule has 0 heterocycles. The van der Waals surface area contributed by atoms with Gasteiger partial charge in [-0.25, -0.2) is 35.1 Å². The van der Waals surface area contributed by atoms with Crippen LogP contribution in [-0.4, -0.2) is 11.6 Å². The summed E-state index contributed by atoms with van der Waals surface area (Å²) >= 11 is 0. The van der Waals surface area contributed by atoms with Gasteiger partial charge in [-0.05, 0) is 324 Å². The molecular formula is C140H132F8O2. The van der Waals surface area contributed by atoms with Crippen LogP contribution in [0.2, 0.25) is 0 Å². The summed E-state index contributed by atoms with van der Waals surface area (Å²) in [4.78, 5) is 23.7. The third-order valence-electron chi connectivity index (χ3n) is 26.8. The summed E-state index contributed by atoms with van der Waals surface area (Å²) < 4.78 is 102. The Bertz CT molecular complexity index is 6820. The Morgan fingerprint density at radius 2 is 0.520 bits per heavy atom. The highest BCUT2D eigenvalue weighted by molar-refractivity contribution is 6.09. The third-order valence-corrected chi connectivity index (χ3v) is 26.8. The normalized spacial score (nSPS) is 12.4. The quantitative estimate of drug-likeness (QED) is 0.0902. The summed E-state index contributed by atoms with van der Waals surface area (Å²) in [5.74, 6) is -0.519. The Labute approximate surface area is 882 Å². The Balaban J connectivity index is 0.000000137. The van der Waals surface area contributed by atoms with Crippen molar-refractivity contribution in [3.05, 3.63) is 607 Å². The fraction of sp³-hybridized carbons (Fsp3) is 0.186. The lowest BCUT2D eigenvalue weighted by molar-refractivity contribution is 0.103. The molecule has 10 heteroatoms. The molecule has 6 aliphatic rings. The van der Waals surface area contributed by atoms with Crippen LogP contribution in [0.1, 0.15) is 224 Å². The van der Waals surface area contributed by atoms with Crippen LogP contribution >= 0.6 is 0 Å². The molecule has 0 aliphatic heterocycles. The van der Waals surface area contributed by atoms with E-state index in [-0.39, 0.29) is 58.1 Å². The van der Waals surface area contributed by atoms with Gasteiger partial charge in [-0.2, -0.15) is 0 Å². The van der Waals surface area contributed by atoms with E-state index in [1.54, 1.807) is 84.9 Å². The lowest BCUT2D eigenvalue weighted by Crippen LogP contribution is -2.06. The highest BCUT2D eigenvalue weighted by Gasteiger charge is 2.23. The molecule has 0 N–H and O–H groups in total. The molecule has 760 valence electrons. The van der Waals surface area contributed by atoms with Gasteiger partial charge in [-0.1, -0.05) is 439 Å². The number of rotatable bonds is 12. The number of aryl methyl sites for hydroxylation is 6. The zero-order valence-corrected chi connectivity index (χ0v) is 86.6. The summed E-state index contributed by atoms with van der Waals surface area (Å²) in [5.41, 5.74) is 33.1. The van der Waals surface area contributed by atoms with Crippen molar-refractivity contribution in [2.75, 3.05) is 0 Å². The predicted octanol–water partition coefficient (Wildman–Crippen LogP) is 38.7. The van der Waals surface area contributed by atoms with Gasteiger partial charge in [0.2, 0.25) is 0 Å². The first kappa shape index (κ1) is 111. The Morgan fingerprint density at radius 1 is 0.240 bits per heavy atom. The smallest absolute Gasteiger partial charge is 0.193 e. The average molecular weight is 1990 g/mol. The minimum absolute atomic E-state index is 0.0191. The summed E-state index contributed by atoms with van der Waals surface area (Å²) in [6.07, 6.45) is 28.8. The molecule has 2 nitrogen and oxygen atoms in total. The summed E-state index contributed by atoms with van der Waals surface area (Å²) in [6, 6.07) is 135. The van der Waals surface area contributed by atoms with Crippen molar-refractivity contribution in [1.29, 1.82) is 0 Å². The van der Waals surface area contributed by atoms with Crippen LogP contribution < -0.4 is 0 Å². The molecular weight excluding hydrogens is 1860 g/mol. The van der Waals surface area contributed by atoms with Gasteiger partial charge in [0.15, 0.2) is 11.6 Å². The van der Waals surface area contributed by atoms with Crippen molar-refractivity contribution in [3.8, 4) is 44.5 Å². The molecule has 0 unspecified atom stereocenters. The molecule has 0 bridgehead atoms. The Hall–Kier alpha value is -15.8. The van der Waals surface area contributed by atoms with Crippen LogP contribution in [0, 0.1) is 74.2 Å². The highest BCUT2D eigenvalue weighted by atomic mass is 19.1. The number of hydrogen-bond donors (Lipinski definition) is 0. The molecule has 0 amide bonds. The second kappa shape index (κ2) is 59.3. The fourth-order valence-corrected chi connectivity index (χ4v) is 18.8. The molecule has 0 spiro atoms. The molecule has 0 radical (unpaired) electrons. The number of benzene rings is 18. The number of allylic oxidation sites excluding steroid dienone is 2. The predicted molar refractivity (Wildman–Crippen MR) is 608 cm³/mol. The standard InChI is InChI=1S/2C14H12.2C13H9FO.2C13H12.2C12H15F.2C9H7F.2C9H11F/c2*1-10-6-7-14-12(8-10)9-11-4-2-3-5-13(11)14;2*14-12-8-6-11(7-9-12)13(15)10-4-2-1-3-5-10;2*1-11-7-9-13(10-8-11)12-5-3-2-4-6-12;2*13-12-9-5-4-8-11(12)10-6-2-1-3-7-10;2*10-9-5-4-7-2-1-3-8(7)6-9;2*1-2-3-8-4-6-9(10)7-5-8/h2*2-8H,9H2,1H3;2*1-9H;2*2-10H,1H3;2*4-5,8-10H,1-3,6-7H2;2*1,3-6H,2H2;2*4-7H,2-3H2,1H3/i;;14-1;;;;13-1;;10-1;;10-1;. The van der Waals surface area contributed by atoms with Crippen molar-refractivity contribution in [1.82, 2.24) is 0 Å². The van der Waals surface area contributed by atoms with Crippen LogP contribution in [0.15, 0.2) is 449 Å². The summed E-state index contributed by atoms with van der Waals surface area (Å²) in [5, 5.41) is 0. The fourth-order valence-electron chi connectivity index (χ4n) is 18.8. The van der Waals surface area contributed by atoms with Crippen molar-refractivity contribution >= 4 is 23.7 Å².